The molecule has 0 aliphatic carbocycles. The highest BCUT2D eigenvalue weighted by Crippen LogP contribution is 2.52. The molecule has 1 unspecified atom stereocenters. The van der Waals surface area contributed by atoms with Crippen LogP contribution in [-0.4, -0.2) is 36.6 Å². The van der Waals surface area contributed by atoms with Crippen LogP contribution in [0.2, 0.25) is 0 Å². The van der Waals surface area contributed by atoms with Crippen molar-refractivity contribution in [2.75, 3.05) is 0 Å². The first-order chi connectivity index (χ1) is 7.29. The number of phenols is 5. The molecule has 0 amide bonds. The first-order valence-corrected chi connectivity index (χ1v) is 4.20. The molecule has 0 aliphatic heterocycles. The van der Waals surface area contributed by atoms with Gasteiger partial charge in [-0.2, -0.15) is 0 Å². The summed E-state index contributed by atoms with van der Waals surface area (Å²) in [6.07, 6.45) is 0. The Balaban J connectivity index is 3.57. The van der Waals surface area contributed by atoms with E-state index >= 15 is 0 Å². The predicted octanol–water partition coefficient (Wildman–Crippen LogP) is 0.403. The van der Waals surface area contributed by atoms with Gasteiger partial charge in [0.25, 0.3) is 0 Å². The second-order valence-corrected chi connectivity index (χ2v) is 3.22. The lowest BCUT2D eigenvalue weighted by Gasteiger charge is -2.14. The summed E-state index contributed by atoms with van der Waals surface area (Å²) in [6.45, 7) is 1.13. The molecule has 0 heterocycles. The van der Waals surface area contributed by atoms with Crippen LogP contribution in [0.25, 0.3) is 0 Å². The summed E-state index contributed by atoms with van der Waals surface area (Å²) in [7, 11) is 0. The molecule has 1 aromatic rings. The van der Waals surface area contributed by atoms with Crippen molar-refractivity contribution in [1.82, 2.24) is 0 Å². The molecule has 0 aliphatic rings. The van der Waals surface area contributed by atoms with Crippen molar-refractivity contribution in [2.24, 2.45) is 0 Å². The quantitative estimate of drug-likeness (QED) is 0.319. The van der Waals surface area contributed by atoms with Crippen LogP contribution in [0.15, 0.2) is 0 Å². The molecule has 0 bridgehead atoms. The molecule has 6 N–H and O–H groups in total. The molecule has 88 valence electrons. The van der Waals surface area contributed by atoms with Crippen LogP contribution in [-0.2, 0) is 4.79 Å². The number of phenolic OH excluding ortho intramolecular Hbond substituents is 5. The van der Waals surface area contributed by atoms with Gasteiger partial charge in [-0.05, 0) is 6.92 Å². The standard InChI is InChI=1S/C9H10O7/c1-2(9(15)16)3-4(10)6(12)8(14)7(13)5(3)11/h2,10-14H,1H3,(H,15,16). The van der Waals surface area contributed by atoms with Crippen LogP contribution in [0.3, 0.4) is 0 Å². The van der Waals surface area contributed by atoms with Gasteiger partial charge in [0, 0.05) is 0 Å². The van der Waals surface area contributed by atoms with Crippen molar-refractivity contribution in [2.45, 2.75) is 12.8 Å². The summed E-state index contributed by atoms with van der Waals surface area (Å²) in [6, 6.07) is 0. The van der Waals surface area contributed by atoms with Crippen molar-refractivity contribution in [3.8, 4) is 28.7 Å². The first kappa shape index (κ1) is 11.8. The van der Waals surface area contributed by atoms with Crippen LogP contribution in [0, 0.1) is 0 Å². The monoisotopic (exact) mass is 230 g/mol. The lowest BCUT2D eigenvalue weighted by atomic mass is 9.97. The zero-order valence-electron chi connectivity index (χ0n) is 8.17. The second-order valence-electron chi connectivity index (χ2n) is 3.22. The van der Waals surface area contributed by atoms with Gasteiger partial charge in [0.2, 0.25) is 17.2 Å². The summed E-state index contributed by atoms with van der Waals surface area (Å²) < 4.78 is 0. The number of hydrogen-bond acceptors (Lipinski definition) is 6. The molecular weight excluding hydrogens is 220 g/mol. The minimum absolute atomic E-state index is 0.569. The SMILES string of the molecule is CC(C(=O)O)c1c(O)c(O)c(O)c(O)c1O. The fourth-order valence-corrected chi connectivity index (χ4v) is 1.24. The van der Waals surface area contributed by atoms with Gasteiger partial charge in [-0.15, -0.1) is 0 Å². The van der Waals surface area contributed by atoms with E-state index in [1.54, 1.807) is 0 Å². The molecule has 7 heteroatoms. The molecule has 0 spiro atoms. The molecule has 16 heavy (non-hydrogen) atoms. The van der Waals surface area contributed by atoms with Crippen LogP contribution in [0.1, 0.15) is 18.4 Å². The maximum atomic E-state index is 10.7. The van der Waals surface area contributed by atoms with Crippen molar-refractivity contribution in [1.29, 1.82) is 0 Å². The number of rotatable bonds is 2. The fourth-order valence-electron chi connectivity index (χ4n) is 1.24. The molecule has 7 nitrogen and oxygen atoms in total. The van der Waals surface area contributed by atoms with Gasteiger partial charge in [0.05, 0.1) is 11.5 Å². The largest absolute Gasteiger partial charge is 0.504 e. The molecule has 0 radical (unpaired) electrons. The highest BCUT2D eigenvalue weighted by atomic mass is 16.4. The molecule has 1 aromatic carbocycles. The maximum absolute atomic E-state index is 10.7. The Labute approximate surface area is 89.5 Å². The van der Waals surface area contributed by atoms with E-state index in [9.17, 15) is 15.0 Å². The second kappa shape index (κ2) is 3.69. The van der Waals surface area contributed by atoms with Crippen LogP contribution in [0.5, 0.6) is 28.7 Å². The van der Waals surface area contributed by atoms with Gasteiger partial charge < -0.3 is 30.6 Å². The molecule has 0 saturated carbocycles. The Morgan fingerprint density at radius 2 is 1.19 bits per heavy atom. The number of carboxylic acid groups (broad SMARTS) is 1. The molecule has 0 fully saturated rings. The van der Waals surface area contributed by atoms with Gasteiger partial charge in [0.15, 0.2) is 11.5 Å². The summed E-state index contributed by atoms with van der Waals surface area (Å²) in [5.41, 5.74) is -0.569. The van der Waals surface area contributed by atoms with Crippen LogP contribution in [0.4, 0.5) is 0 Å². The first-order valence-electron chi connectivity index (χ1n) is 4.20. The number of benzene rings is 1. The number of hydrogen-bond donors (Lipinski definition) is 6. The van der Waals surface area contributed by atoms with Gasteiger partial charge in [-0.1, -0.05) is 0 Å². The maximum Gasteiger partial charge on any atom is 0.310 e. The van der Waals surface area contributed by atoms with Crippen molar-refractivity contribution in [3.63, 3.8) is 0 Å². The van der Waals surface area contributed by atoms with Crippen LogP contribution < -0.4 is 0 Å². The minimum Gasteiger partial charge on any atom is -0.504 e. The number of carboxylic acids is 1. The van der Waals surface area contributed by atoms with Gasteiger partial charge in [-0.25, -0.2) is 0 Å². The molecule has 0 saturated heterocycles. The molecule has 1 atom stereocenters. The minimum atomic E-state index is -1.38. The normalized spacial score (nSPS) is 12.3. The van der Waals surface area contributed by atoms with E-state index < -0.39 is 46.2 Å². The Morgan fingerprint density at radius 3 is 1.50 bits per heavy atom. The van der Waals surface area contributed by atoms with E-state index in [1.165, 1.54) is 0 Å². The third-order valence-corrected chi connectivity index (χ3v) is 2.21. The van der Waals surface area contributed by atoms with Crippen LogP contribution >= 0.6 is 0 Å². The average Bonchev–Trinajstić information content (AvgIpc) is 2.23. The third-order valence-electron chi connectivity index (χ3n) is 2.21. The summed E-state index contributed by atoms with van der Waals surface area (Å²) in [5.74, 6) is -7.99. The van der Waals surface area contributed by atoms with Crippen molar-refractivity contribution in [3.05, 3.63) is 5.56 Å². The topological polar surface area (TPSA) is 138 Å². The fraction of sp³-hybridized carbons (Fsp3) is 0.222. The highest BCUT2D eigenvalue weighted by molar-refractivity contribution is 5.81. The average molecular weight is 230 g/mol. The lowest BCUT2D eigenvalue weighted by Crippen LogP contribution is -2.08. The van der Waals surface area contributed by atoms with E-state index in [2.05, 4.69) is 0 Å². The van der Waals surface area contributed by atoms with Crippen molar-refractivity contribution < 1.29 is 35.4 Å². The van der Waals surface area contributed by atoms with E-state index in [-0.39, 0.29) is 0 Å². The Kier molecular flexibility index (Phi) is 2.71. The van der Waals surface area contributed by atoms with E-state index in [0.29, 0.717) is 0 Å². The number of aliphatic carboxylic acids is 1. The third kappa shape index (κ3) is 1.52. The number of aromatic hydroxyl groups is 5. The zero-order chi connectivity index (χ0) is 12.6. The van der Waals surface area contributed by atoms with E-state index in [0.717, 1.165) is 6.92 Å². The van der Waals surface area contributed by atoms with Gasteiger partial charge in [-0.3, -0.25) is 4.79 Å². The Morgan fingerprint density at radius 1 is 0.875 bits per heavy atom. The molecule has 0 aromatic heterocycles. The molecular formula is C9H10O7. The lowest BCUT2D eigenvalue weighted by molar-refractivity contribution is -0.138. The molecule has 1 rings (SSSR count). The Hall–Kier alpha value is -2.31. The van der Waals surface area contributed by atoms with E-state index in [4.69, 9.17) is 20.4 Å². The smallest absolute Gasteiger partial charge is 0.310 e. The zero-order valence-corrected chi connectivity index (χ0v) is 8.17. The van der Waals surface area contributed by atoms with Gasteiger partial charge in [0.1, 0.15) is 0 Å². The van der Waals surface area contributed by atoms with E-state index in [1.807, 2.05) is 0 Å². The highest BCUT2D eigenvalue weighted by Gasteiger charge is 2.29. The summed E-state index contributed by atoms with van der Waals surface area (Å²) in [4.78, 5) is 10.7. The number of carbonyl (C=O) groups is 1. The Bertz CT molecular complexity index is 423. The van der Waals surface area contributed by atoms with Gasteiger partial charge >= 0.3 is 5.97 Å². The van der Waals surface area contributed by atoms with Crippen molar-refractivity contribution >= 4 is 5.97 Å². The summed E-state index contributed by atoms with van der Waals surface area (Å²) >= 11 is 0. The predicted molar refractivity (Wildman–Crippen MR) is 50.8 cm³/mol. The summed E-state index contributed by atoms with van der Waals surface area (Å²) in [5, 5.41) is 54.8.